The summed E-state index contributed by atoms with van der Waals surface area (Å²) in [5, 5.41) is 2.94. The van der Waals surface area contributed by atoms with E-state index in [1.807, 2.05) is 86.6 Å². The Morgan fingerprint density at radius 3 is 2.03 bits per heavy atom. The van der Waals surface area contributed by atoms with E-state index in [9.17, 15) is 13.2 Å². The molecule has 1 amide bonds. The Balaban J connectivity index is 1.86. The van der Waals surface area contributed by atoms with Crippen LogP contribution in [0, 0.1) is 20.8 Å². The highest BCUT2D eigenvalue weighted by molar-refractivity contribution is 7.89. The second kappa shape index (κ2) is 10.8. The fraction of sp³-hybridized carbons (Fsp3) is 0.296. The molecule has 33 heavy (non-hydrogen) atoms. The predicted molar refractivity (Wildman–Crippen MR) is 133 cm³/mol. The van der Waals surface area contributed by atoms with Crippen LogP contribution in [0.4, 0.5) is 0 Å². The molecular formula is C27H32N2O3S. The Morgan fingerprint density at radius 1 is 0.909 bits per heavy atom. The molecule has 0 heterocycles. The van der Waals surface area contributed by atoms with Crippen molar-refractivity contribution >= 4 is 15.9 Å². The number of benzene rings is 3. The van der Waals surface area contributed by atoms with Crippen LogP contribution < -0.4 is 5.32 Å². The van der Waals surface area contributed by atoms with Crippen LogP contribution in [-0.2, 0) is 21.2 Å². The van der Waals surface area contributed by atoms with Crippen molar-refractivity contribution in [1.29, 1.82) is 0 Å². The molecule has 5 nitrogen and oxygen atoms in total. The maximum Gasteiger partial charge on any atom is 0.244 e. The van der Waals surface area contributed by atoms with Crippen LogP contribution >= 0.6 is 0 Å². The maximum absolute atomic E-state index is 13.7. The average Bonchev–Trinajstić information content (AvgIpc) is 2.76. The average molecular weight is 465 g/mol. The van der Waals surface area contributed by atoms with Gasteiger partial charge in [0.15, 0.2) is 0 Å². The van der Waals surface area contributed by atoms with E-state index >= 15 is 0 Å². The number of carbonyl (C=O) groups excluding carboxylic acids is 1. The van der Waals surface area contributed by atoms with E-state index in [4.69, 9.17) is 0 Å². The zero-order chi connectivity index (χ0) is 24.0. The van der Waals surface area contributed by atoms with Crippen LogP contribution in [0.2, 0.25) is 0 Å². The van der Waals surface area contributed by atoms with Gasteiger partial charge in [0.25, 0.3) is 0 Å². The van der Waals surface area contributed by atoms with Gasteiger partial charge >= 0.3 is 0 Å². The Kier molecular flexibility index (Phi) is 8.06. The van der Waals surface area contributed by atoms with Crippen molar-refractivity contribution in [3.05, 3.63) is 101 Å². The van der Waals surface area contributed by atoms with Gasteiger partial charge in [-0.15, -0.1) is 0 Å². The number of carbonyl (C=O) groups is 1. The molecule has 1 N–H and O–H groups in total. The fourth-order valence-corrected chi connectivity index (χ4v) is 5.97. The Labute approximate surface area is 197 Å². The van der Waals surface area contributed by atoms with Crippen molar-refractivity contribution in [1.82, 2.24) is 9.62 Å². The van der Waals surface area contributed by atoms with E-state index in [1.54, 1.807) is 13.8 Å². The van der Waals surface area contributed by atoms with Gasteiger partial charge in [-0.05, 0) is 56.4 Å². The molecule has 3 rings (SSSR count). The van der Waals surface area contributed by atoms with Gasteiger partial charge in [-0.1, -0.05) is 78.4 Å². The monoisotopic (exact) mass is 464 g/mol. The Bertz CT molecular complexity index is 1170. The lowest BCUT2D eigenvalue weighted by atomic mass is 10.1. The zero-order valence-electron chi connectivity index (χ0n) is 19.7. The van der Waals surface area contributed by atoms with Gasteiger partial charge < -0.3 is 5.32 Å². The fourth-order valence-electron chi connectivity index (χ4n) is 4.16. The molecule has 0 radical (unpaired) electrons. The standard InChI is InChI=1S/C27H32N2O3S/c1-20-17-21(2)27(22(3)18-20)33(31,32)29(16-15-24-11-7-5-8-12-24)19-26(30)28-23(4)25-13-9-6-10-14-25/h5-14,17-18,23H,15-16,19H2,1-4H3,(H,28,30)/t23-/m1/s1. The van der Waals surface area contributed by atoms with Crippen molar-refractivity contribution in [2.75, 3.05) is 13.1 Å². The quantitative estimate of drug-likeness (QED) is 0.498. The molecule has 3 aromatic carbocycles. The van der Waals surface area contributed by atoms with Gasteiger partial charge in [0, 0.05) is 6.54 Å². The molecule has 0 unspecified atom stereocenters. The lowest BCUT2D eigenvalue weighted by Gasteiger charge is -2.25. The van der Waals surface area contributed by atoms with Crippen LogP contribution in [0.3, 0.4) is 0 Å². The highest BCUT2D eigenvalue weighted by Gasteiger charge is 2.30. The summed E-state index contributed by atoms with van der Waals surface area (Å²) >= 11 is 0. The lowest BCUT2D eigenvalue weighted by Crippen LogP contribution is -2.42. The molecule has 0 aliphatic carbocycles. The summed E-state index contributed by atoms with van der Waals surface area (Å²) in [6.45, 7) is 7.43. The highest BCUT2D eigenvalue weighted by Crippen LogP contribution is 2.25. The minimum absolute atomic E-state index is 0.215. The molecule has 0 fully saturated rings. The molecule has 0 aliphatic heterocycles. The molecule has 0 aromatic heterocycles. The van der Waals surface area contributed by atoms with E-state index in [0.29, 0.717) is 17.5 Å². The smallest absolute Gasteiger partial charge is 0.244 e. The first-order valence-corrected chi connectivity index (χ1v) is 12.6. The van der Waals surface area contributed by atoms with E-state index in [1.165, 1.54) is 4.31 Å². The van der Waals surface area contributed by atoms with Crippen molar-refractivity contribution in [3.8, 4) is 0 Å². The number of nitrogens with one attached hydrogen (secondary N) is 1. The van der Waals surface area contributed by atoms with Crippen LogP contribution in [0.5, 0.6) is 0 Å². The molecule has 174 valence electrons. The molecule has 0 aliphatic rings. The maximum atomic E-state index is 13.7. The van der Waals surface area contributed by atoms with Gasteiger partial charge in [0.2, 0.25) is 15.9 Å². The van der Waals surface area contributed by atoms with Crippen molar-refractivity contribution in [3.63, 3.8) is 0 Å². The summed E-state index contributed by atoms with van der Waals surface area (Å²) < 4.78 is 28.8. The van der Waals surface area contributed by atoms with E-state index in [-0.39, 0.29) is 29.9 Å². The minimum Gasteiger partial charge on any atom is -0.348 e. The highest BCUT2D eigenvalue weighted by atomic mass is 32.2. The third-order valence-electron chi connectivity index (χ3n) is 5.69. The second-order valence-corrected chi connectivity index (χ2v) is 10.4. The number of nitrogens with zero attached hydrogens (tertiary/aromatic N) is 1. The number of hydrogen-bond acceptors (Lipinski definition) is 3. The van der Waals surface area contributed by atoms with E-state index < -0.39 is 10.0 Å². The van der Waals surface area contributed by atoms with Crippen LogP contribution in [0.25, 0.3) is 0 Å². The van der Waals surface area contributed by atoms with Gasteiger partial charge in [0.05, 0.1) is 17.5 Å². The first kappa shape index (κ1) is 24.7. The summed E-state index contributed by atoms with van der Waals surface area (Å²) in [5.74, 6) is -0.328. The topological polar surface area (TPSA) is 66.5 Å². The van der Waals surface area contributed by atoms with Crippen molar-refractivity contribution in [2.24, 2.45) is 0 Å². The normalized spacial score (nSPS) is 12.5. The van der Waals surface area contributed by atoms with Crippen molar-refractivity contribution < 1.29 is 13.2 Å². The minimum atomic E-state index is -3.87. The molecule has 0 spiro atoms. The SMILES string of the molecule is Cc1cc(C)c(S(=O)(=O)N(CCc2ccccc2)CC(=O)N[C@H](C)c2ccccc2)c(C)c1. The summed E-state index contributed by atoms with van der Waals surface area (Å²) in [6, 6.07) is 22.8. The second-order valence-electron chi connectivity index (χ2n) is 8.50. The first-order chi connectivity index (χ1) is 15.7. The predicted octanol–water partition coefficient (Wildman–Crippen LogP) is 4.72. The number of aryl methyl sites for hydroxylation is 3. The molecule has 0 saturated heterocycles. The number of sulfonamides is 1. The summed E-state index contributed by atoms with van der Waals surface area (Å²) in [5.41, 5.74) is 4.38. The zero-order valence-corrected chi connectivity index (χ0v) is 20.5. The van der Waals surface area contributed by atoms with Gasteiger partial charge in [-0.2, -0.15) is 4.31 Å². The van der Waals surface area contributed by atoms with Gasteiger partial charge in [-0.25, -0.2) is 8.42 Å². The van der Waals surface area contributed by atoms with Gasteiger partial charge in [0.1, 0.15) is 0 Å². The third kappa shape index (κ3) is 6.30. The molecule has 0 saturated carbocycles. The van der Waals surface area contributed by atoms with Crippen LogP contribution in [-0.4, -0.2) is 31.7 Å². The van der Waals surface area contributed by atoms with Crippen LogP contribution in [0.1, 0.15) is 40.8 Å². The molecule has 0 bridgehead atoms. The molecule has 1 atom stereocenters. The van der Waals surface area contributed by atoms with Gasteiger partial charge in [-0.3, -0.25) is 4.79 Å². The molecular weight excluding hydrogens is 432 g/mol. The summed E-state index contributed by atoms with van der Waals surface area (Å²) in [4.78, 5) is 13.2. The van der Waals surface area contributed by atoms with Crippen molar-refractivity contribution in [2.45, 2.75) is 45.1 Å². The summed E-state index contributed by atoms with van der Waals surface area (Å²) in [6.07, 6.45) is 0.519. The Morgan fingerprint density at radius 2 is 1.45 bits per heavy atom. The molecule has 3 aromatic rings. The lowest BCUT2D eigenvalue weighted by molar-refractivity contribution is -0.121. The summed E-state index contributed by atoms with van der Waals surface area (Å²) in [7, 11) is -3.87. The van der Waals surface area contributed by atoms with E-state index in [0.717, 1.165) is 16.7 Å². The Hall–Kier alpha value is -2.96. The number of hydrogen-bond donors (Lipinski definition) is 1. The third-order valence-corrected chi connectivity index (χ3v) is 7.84. The number of amides is 1. The molecule has 6 heteroatoms. The largest absolute Gasteiger partial charge is 0.348 e. The number of rotatable bonds is 9. The first-order valence-electron chi connectivity index (χ1n) is 11.1. The van der Waals surface area contributed by atoms with Crippen LogP contribution in [0.15, 0.2) is 77.7 Å². The van der Waals surface area contributed by atoms with E-state index in [2.05, 4.69) is 5.32 Å².